The van der Waals surface area contributed by atoms with Crippen molar-refractivity contribution in [3.8, 4) is 0 Å². The molecular formula is C17H16BrNS. The van der Waals surface area contributed by atoms with E-state index < -0.39 is 0 Å². The van der Waals surface area contributed by atoms with Crippen LogP contribution in [0.1, 0.15) is 18.1 Å². The summed E-state index contributed by atoms with van der Waals surface area (Å²) in [6.07, 6.45) is 0.833. The number of benzene rings is 2. The predicted molar refractivity (Wildman–Crippen MR) is 91.2 cm³/mol. The Morgan fingerprint density at radius 2 is 1.80 bits per heavy atom. The third-order valence-electron chi connectivity index (χ3n) is 3.61. The van der Waals surface area contributed by atoms with Crippen molar-refractivity contribution in [2.75, 3.05) is 0 Å². The Morgan fingerprint density at radius 1 is 1.10 bits per heavy atom. The van der Waals surface area contributed by atoms with Crippen LogP contribution in [0.3, 0.4) is 0 Å². The van der Waals surface area contributed by atoms with Gasteiger partial charge in [-0.15, -0.1) is 11.3 Å². The average molecular weight is 346 g/mol. The molecule has 1 atom stereocenters. The highest BCUT2D eigenvalue weighted by Gasteiger charge is 2.25. The molecule has 3 heteroatoms. The van der Waals surface area contributed by atoms with Crippen molar-refractivity contribution in [1.82, 2.24) is 0 Å². The van der Waals surface area contributed by atoms with Gasteiger partial charge >= 0.3 is 0 Å². The smallest absolute Gasteiger partial charge is 0.0433 e. The Balaban J connectivity index is 1.99. The van der Waals surface area contributed by atoms with Gasteiger partial charge in [-0.1, -0.05) is 52.3 Å². The predicted octanol–water partition coefficient (Wildman–Crippen LogP) is 5.08. The maximum Gasteiger partial charge on any atom is 0.0433 e. The first-order chi connectivity index (χ1) is 9.58. The van der Waals surface area contributed by atoms with E-state index in [2.05, 4.69) is 58.6 Å². The number of hydrogen-bond acceptors (Lipinski definition) is 2. The van der Waals surface area contributed by atoms with Crippen molar-refractivity contribution in [2.45, 2.75) is 18.9 Å². The molecule has 0 aliphatic rings. The number of hydrogen-bond donors (Lipinski definition) is 1. The van der Waals surface area contributed by atoms with Gasteiger partial charge in [-0.2, -0.15) is 0 Å². The zero-order valence-corrected chi connectivity index (χ0v) is 13.7. The van der Waals surface area contributed by atoms with Crippen molar-refractivity contribution in [1.29, 1.82) is 0 Å². The quantitative estimate of drug-likeness (QED) is 0.703. The molecule has 3 aromatic rings. The lowest BCUT2D eigenvalue weighted by atomic mass is 9.86. The average Bonchev–Trinajstić information content (AvgIpc) is 2.82. The molecule has 0 amide bonds. The van der Waals surface area contributed by atoms with E-state index in [1.165, 1.54) is 15.6 Å². The number of thiophene rings is 1. The van der Waals surface area contributed by atoms with Crippen molar-refractivity contribution < 1.29 is 0 Å². The lowest BCUT2D eigenvalue weighted by molar-refractivity contribution is 0.491. The van der Waals surface area contributed by atoms with Gasteiger partial charge in [0.1, 0.15) is 0 Å². The van der Waals surface area contributed by atoms with Crippen LogP contribution in [0.5, 0.6) is 0 Å². The normalized spacial score (nSPS) is 14.3. The van der Waals surface area contributed by atoms with E-state index in [1.54, 1.807) is 11.3 Å². The summed E-state index contributed by atoms with van der Waals surface area (Å²) in [7, 11) is 0. The van der Waals surface area contributed by atoms with Crippen LogP contribution in [0.2, 0.25) is 0 Å². The first-order valence-electron chi connectivity index (χ1n) is 6.57. The summed E-state index contributed by atoms with van der Waals surface area (Å²) in [6.45, 7) is 2.10. The summed E-state index contributed by atoms with van der Waals surface area (Å²) in [4.78, 5) is 0. The second-order valence-corrected chi connectivity index (χ2v) is 7.10. The van der Waals surface area contributed by atoms with Gasteiger partial charge in [0.2, 0.25) is 0 Å². The monoisotopic (exact) mass is 345 g/mol. The molecule has 0 fully saturated rings. The fourth-order valence-electron chi connectivity index (χ4n) is 2.58. The van der Waals surface area contributed by atoms with Gasteiger partial charge in [0.15, 0.2) is 0 Å². The molecule has 1 nitrogen and oxygen atoms in total. The van der Waals surface area contributed by atoms with Gasteiger partial charge in [-0.05, 0) is 47.4 Å². The summed E-state index contributed by atoms with van der Waals surface area (Å²) >= 11 is 5.40. The number of rotatable bonds is 3. The van der Waals surface area contributed by atoms with E-state index >= 15 is 0 Å². The van der Waals surface area contributed by atoms with E-state index in [0.29, 0.717) is 0 Å². The molecule has 0 saturated heterocycles. The molecule has 0 spiro atoms. The summed E-state index contributed by atoms with van der Waals surface area (Å²) in [5.41, 5.74) is 8.68. The highest BCUT2D eigenvalue weighted by Crippen LogP contribution is 2.33. The number of nitrogens with two attached hydrogens (primary N) is 1. The van der Waals surface area contributed by atoms with E-state index in [1.807, 2.05) is 18.2 Å². The minimum absolute atomic E-state index is 0.385. The maximum absolute atomic E-state index is 6.60. The molecule has 0 bridgehead atoms. The molecule has 2 N–H and O–H groups in total. The Hall–Kier alpha value is -1.16. The summed E-state index contributed by atoms with van der Waals surface area (Å²) in [5, 5.41) is 3.55. The molecule has 3 rings (SSSR count). The van der Waals surface area contributed by atoms with Crippen LogP contribution in [0.15, 0.2) is 58.4 Å². The Morgan fingerprint density at radius 3 is 2.60 bits per heavy atom. The Bertz CT molecular complexity index is 745. The van der Waals surface area contributed by atoms with Gasteiger partial charge in [-0.3, -0.25) is 0 Å². The molecule has 1 heterocycles. The van der Waals surface area contributed by atoms with Gasteiger partial charge in [-0.25, -0.2) is 0 Å². The highest BCUT2D eigenvalue weighted by molar-refractivity contribution is 9.10. The molecule has 0 aliphatic heterocycles. The van der Waals surface area contributed by atoms with Crippen LogP contribution in [0.4, 0.5) is 0 Å². The van der Waals surface area contributed by atoms with Gasteiger partial charge < -0.3 is 5.73 Å². The van der Waals surface area contributed by atoms with Crippen LogP contribution in [-0.2, 0) is 12.0 Å². The molecule has 2 aromatic carbocycles. The van der Waals surface area contributed by atoms with E-state index in [0.717, 1.165) is 16.5 Å². The Kier molecular flexibility index (Phi) is 3.67. The van der Waals surface area contributed by atoms with Crippen LogP contribution < -0.4 is 5.73 Å². The first-order valence-corrected chi connectivity index (χ1v) is 8.24. The van der Waals surface area contributed by atoms with E-state index in [4.69, 9.17) is 5.73 Å². The van der Waals surface area contributed by atoms with Crippen molar-refractivity contribution >= 4 is 37.4 Å². The van der Waals surface area contributed by atoms with E-state index in [-0.39, 0.29) is 5.54 Å². The maximum atomic E-state index is 6.60. The highest BCUT2D eigenvalue weighted by atomic mass is 79.9. The van der Waals surface area contributed by atoms with Crippen LogP contribution in [0, 0.1) is 0 Å². The third-order valence-corrected chi connectivity index (χ3v) is 5.31. The third kappa shape index (κ3) is 2.53. The molecule has 1 unspecified atom stereocenters. The molecule has 0 radical (unpaired) electrons. The molecule has 0 aliphatic carbocycles. The standard InChI is InChI=1S/C17H16BrNS/c1-17(19,14-7-3-4-8-15(14)18)10-12-11-20-16-9-5-2-6-13(12)16/h2-9,11H,10,19H2,1H3. The number of halogens is 1. The zero-order valence-electron chi connectivity index (χ0n) is 11.3. The largest absolute Gasteiger partial charge is 0.321 e. The molecule has 102 valence electrons. The van der Waals surface area contributed by atoms with Gasteiger partial charge in [0.05, 0.1) is 0 Å². The second kappa shape index (κ2) is 5.32. The van der Waals surface area contributed by atoms with Crippen molar-refractivity contribution in [3.63, 3.8) is 0 Å². The lowest BCUT2D eigenvalue weighted by Gasteiger charge is -2.26. The SMILES string of the molecule is CC(N)(Cc1csc2ccccc12)c1ccccc1Br. The zero-order chi connectivity index (χ0) is 14.2. The Labute approximate surface area is 131 Å². The number of fused-ring (bicyclic) bond motifs is 1. The van der Waals surface area contributed by atoms with Crippen molar-refractivity contribution in [2.24, 2.45) is 5.73 Å². The molecule has 20 heavy (non-hydrogen) atoms. The molecular weight excluding hydrogens is 330 g/mol. The molecule has 1 aromatic heterocycles. The topological polar surface area (TPSA) is 26.0 Å². The minimum Gasteiger partial charge on any atom is -0.321 e. The summed E-state index contributed by atoms with van der Waals surface area (Å²) < 4.78 is 2.40. The van der Waals surface area contributed by atoms with Gasteiger partial charge in [0.25, 0.3) is 0 Å². The lowest BCUT2D eigenvalue weighted by Crippen LogP contribution is -2.35. The van der Waals surface area contributed by atoms with Crippen LogP contribution in [0.25, 0.3) is 10.1 Å². The van der Waals surface area contributed by atoms with Crippen molar-refractivity contribution in [3.05, 3.63) is 69.5 Å². The fraction of sp³-hybridized carbons (Fsp3) is 0.176. The van der Waals surface area contributed by atoms with Crippen LogP contribution in [-0.4, -0.2) is 0 Å². The van der Waals surface area contributed by atoms with Crippen LogP contribution >= 0.6 is 27.3 Å². The molecule has 0 saturated carbocycles. The second-order valence-electron chi connectivity index (χ2n) is 5.33. The van der Waals surface area contributed by atoms with Gasteiger partial charge in [0, 0.05) is 14.7 Å². The fourth-order valence-corrected chi connectivity index (χ4v) is 4.29. The minimum atomic E-state index is -0.385. The summed E-state index contributed by atoms with van der Waals surface area (Å²) in [6, 6.07) is 16.7. The van der Waals surface area contributed by atoms with E-state index in [9.17, 15) is 0 Å². The first kappa shape index (κ1) is 13.8. The summed E-state index contributed by atoms with van der Waals surface area (Å²) in [5.74, 6) is 0.